The van der Waals surface area contributed by atoms with Crippen molar-refractivity contribution < 1.29 is 55.1 Å². The number of carbonyl (C=O) groups is 3. The molecule has 4 saturated heterocycles. The van der Waals surface area contributed by atoms with E-state index in [1.165, 1.54) is 9.80 Å². The first kappa shape index (κ1) is 44.5. The zero-order valence-corrected chi connectivity index (χ0v) is 31.7. The molecule has 0 aromatic rings. The third kappa shape index (κ3) is 19.5. The number of hydrogen-bond acceptors (Lipinski definition) is 11. The van der Waals surface area contributed by atoms with Gasteiger partial charge in [-0.1, -0.05) is 0 Å². The molecular formula is C32H60F2N4O10S. The Kier molecular flexibility index (Phi) is 17.4. The smallest absolute Gasteiger partial charge is 0.410 e. The number of carbonyl (C=O) groups excluding carboxylic acids is 3. The Morgan fingerprint density at radius 1 is 0.653 bits per heavy atom. The fourth-order valence-electron chi connectivity index (χ4n) is 4.13. The number of aliphatic hydroxyl groups is 1. The summed E-state index contributed by atoms with van der Waals surface area (Å²) in [5.41, 5.74) is -1.40. The third-order valence-corrected chi connectivity index (χ3v) is 7.47. The summed E-state index contributed by atoms with van der Waals surface area (Å²) in [5, 5.41) is 11.7. The Balaban J connectivity index is 0.000000341. The van der Waals surface area contributed by atoms with E-state index in [1.807, 2.05) is 41.5 Å². The lowest BCUT2D eigenvalue weighted by Gasteiger charge is -2.39. The molecule has 4 heterocycles. The highest BCUT2D eigenvalue weighted by atomic mass is 32.2. The minimum atomic E-state index is -3.40. The highest BCUT2D eigenvalue weighted by Crippen LogP contribution is 2.21. The molecule has 0 atom stereocenters. The molecule has 288 valence electrons. The van der Waals surface area contributed by atoms with Gasteiger partial charge in [0.05, 0.1) is 26.2 Å². The topological polar surface area (TPSA) is 164 Å². The lowest BCUT2D eigenvalue weighted by molar-refractivity contribution is -0.0101. The lowest BCUT2D eigenvalue weighted by Crippen LogP contribution is -2.53. The molecule has 49 heavy (non-hydrogen) atoms. The van der Waals surface area contributed by atoms with Crippen molar-refractivity contribution in [3.05, 3.63) is 0 Å². The summed E-state index contributed by atoms with van der Waals surface area (Å²) in [6.45, 7) is 21.1. The summed E-state index contributed by atoms with van der Waals surface area (Å²) in [6, 6.07) is 0. The summed E-state index contributed by atoms with van der Waals surface area (Å²) in [6.07, 6.45) is 0.0274. The first-order valence-electron chi connectivity index (χ1n) is 16.6. The molecule has 0 bridgehead atoms. The molecule has 0 aromatic carbocycles. The van der Waals surface area contributed by atoms with Gasteiger partial charge in [0.1, 0.15) is 16.8 Å². The molecule has 4 fully saturated rings. The van der Waals surface area contributed by atoms with Gasteiger partial charge in [0.15, 0.2) is 0 Å². The number of hydrogen-bond donors (Lipinski definition) is 2. The van der Waals surface area contributed by atoms with Gasteiger partial charge in [-0.2, -0.15) is 8.42 Å². The van der Waals surface area contributed by atoms with Crippen LogP contribution in [0.4, 0.5) is 23.2 Å². The zero-order valence-electron chi connectivity index (χ0n) is 30.9. The average molecular weight is 731 g/mol. The molecule has 0 aromatic heterocycles. The van der Waals surface area contributed by atoms with Crippen LogP contribution in [-0.2, 0) is 28.5 Å². The molecule has 4 rings (SSSR count). The second-order valence-corrected chi connectivity index (χ2v) is 17.4. The van der Waals surface area contributed by atoms with Crippen molar-refractivity contribution in [1.82, 2.24) is 20.0 Å². The minimum Gasteiger partial charge on any atom is -0.444 e. The van der Waals surface area contributed by atoms with Gasteiger partial charge in [-0.15, -0.1) is 0 Å². The lowest BCUT2D eigenvalue weighted by atomic mass is 10.0. The van der Waals surface area contributed by atoms with Gasteiger partial charge in [-0.25, -0.2) is 14.4 Å². The van der Waals surface area contributed by atoms with Crippen molar-refractivity contribution in [2.75, 3.05) is 85.2 Å². The Bertz CT molecular complexity index is 1090. The van der Waals surface area contributed by atoms with E-state index in [9.17, 15) is 31.6 Å². The molecule has 0 aliphatic carbocycles. The summed E-state index contributed by atoms with van der Waals surface area (Å²) < 4.78 is 65.0. The summed E-state index contributed by atoms with van der Waals surface area (Å²) in [7, 11) is -3.40. The fourth-order valence-corrected chi connectivity index (χ4v) is 4.57. The summed E-state index contributed by atoms with van der Waals surface area (Å²) in [5.74, 6) is 0.669. The monoisotopic (exact) mass is 730 g/mol. The van der Waals surface area contributed by atoms with Crippen LogP contribution in [0.25, 0.3) is 0 Å². The van der Waals surface area contributed by atoms with Crippen LogP contribution >= 0.6 is 0 Å². The maximum absolute atomic E-state index is 12.0. The predicted molar refractivity (Wildman–Crippen MR) is 180 cm³/mol. The molecular weight excluding hydrogens is 670 g/mol. The highest BCUT2D eigenvalue weighted by molar-refractivity contribution is 7.85. The van der Waals surface area contributed by atoms with E-state index in [1.54, 1.807) is 25.7 Å². The second kappa shape index (κ2) is 19.2. The maximum Gasteiger partial charge on any atom is 0.410 e. The van der Waals surface area contributed by atoms with Crippen molar-refractivity contribution >= 4 is 28.4 Å². The van der Waals surface area contributed by atoms with E-state index in [0.717, 1.165) is 19.3 Å². The van der Waals surface area contributed by atoms with Gasteiger partial charge < -0.3 is 39.3 Å². The van der Waals surface area contributed by atoms with E-state index in [2.05, 4.69) is 9.50 Å². The number of aliphatic hydroxyl groups excluding tert-OH is 1. The van der Waals surface area contributed by atoms with E-state index < -0.39 is 26.9 Å². The van der Waals surface area contributed by atoms with Crippen molar-refractivity contribution in [3.63, 3.8) is 0 Å². The first-order valence-corrected chi connectivity index (χ1v) is 18.4. The molecule has 0 radical (unpaired) electrons. The van der Waals surface area contributed by atoms with Crippen LogP contribution in [0.3, 0.4) is 0 Å². The van der Waals surface area contributed by atoms with Gasteiger partial charge in [0.2, 0.25) is 0 Å². The van der Waals surface area contributed by atoms with Crippen molar-refractivity contribution in [3.8, 4) is 0 Å². The van der Waals surface area contributed by atoms with E-state index in [0.29, 0.717) is 45.2 Å². The van der Waals surface area contributed by atoms with Gasteiger partial charge in [0, 0.05) is 82.6 Å². The molecule has 4 aliphatic rings. The van der Waals surface area contributed by atoms with Crippen molar-refractivity contribution in [2.24, 2.45) is 23.7 Å². The molecule has 3 amide bonds. The number of amides is 3. The Labute approximate surface area is 291 Å². The van der Waals surface area contributed by atoms with E-state index in [4.69, 9.17) is 19.3 Å². The van der Waals surface area contributed by atoms with Gasteiger partial charge >= 0.3 is 18.3 Å². The number of nitrogens with one attached hydrogen (secondary N) is 1. The number of nitrogens with zero attached hydrogens (tertiary/aromatic N) is 3. The molecule has 0 saturated carbocycles. The third-order valence-electron chi connectivity index (χ3n) is 6.91. The number of likely N-dealkylation sites (tertiary alicyclic amines) is 3. The Morgan fingerprint density at radius 3 is 1.20 bits per heavy atom. The Hall–Kier alpha value is -2.50. The van der Waals surface area contributed by atoms with E-state index in [-0.39, 0.29) is 62.6 Å². The van der Waals surface area contributed by atoms with Crippen LogP contribution in [0.5, 0.6) is 0 Å². The second-order valence-electron chi connectivity index (χ2n) is 15.8. The zero-order chi connectivity index (χ0) is 37.8. The molecule has 0 spiro atoms. The van der Waals surface area contributed by atoms with Crippen LogP contribution in [0, 0.1) is 23.7 Å². The number of rotatable bonds is 6. The van der Waals surface area contributed by atoms with Crippen LogP contribution in [0.15, 0.2) is 0 Å². The van der Waals surface area contributed by atoms with E-state index >= 15 is 0 Å². The largest absolute Gasteiger partial charge is 0.444 e. The standard InChI is InChI=1S/C10H19NO5S.C9H16FNO2.C9H17NO3.C4H8FN/c1-10(2,3)16-9(12)11-5-8(6-11)7-15-17(4,13)14;1-9(2,3)13-8(12)11-5-7(4-10)6-11;1-9(2,3)13-8(12)10-4-7(5-10)6-11;5-1-4-2-6-3-4/h8H,5-7H2,1-4H3;7H,4-6H2,1-3H3;7,11H,4-6H2,1-3H3;4,6H,1-3H2. The summed E-state index contributed by atoms with van der Waals surface area (Å²) in [4.78, 5) is 38.8. The summed E-state index contributed by atoms with van der Waals surface area (Å²) >= 11 is 0. The fraction of sp³-hybridized carbons (Fsp3) is 0.906. The molecule has 4 aliphatic heterocycles. The highest BCUT2D eigenvalue weighted by Gasteiger charge is 2.35. The Morgan fingerprint density at radius 2 is 0.980 bits per heavy atom. The van der Waals surface area contributed by atoms with Gasteiger partial charge in [0.25, 0.3) is 10.1 Å². The van der Waals surface area contributed by atoms with Crippen LogP contribution in [0.2, 0.25) is 0 Å². The predicted octanol–water partition coefficient (Wildman–Crippen LogP) is 3.67. The van der Waals surface area contributed by atoms with Crippen LogP contribution in [0.1, 0.15) is 62.3 Å². The van der Waals surface area contributed by atoms with Crippen molar-refractivity contribution in [2.45, 2.75) is 79.1 Å². The van der Waals surface area contributed by atoms with Crippen LogP contribution < -0.4 is 5.32 Å². The van der Waals surface area contributed by atoms with Crippen molar-refractivity contribution in [1.29, 1.82) is 0 Å². The number of ether oxygens (including phenoxy) is 3. The number of alkyl halides is 2. The molecule has 14 nitrogen and oxygen atoms in total. The average Bonchev–Trinajstić information content (AvgIpc) is 2.78. The normalized spacial score (nSPS) is 18.8. The molecule has 2 N–H and O–H groups in total. The SMILES string of the molecule is CC(C)(C)OC(=O)N1CC(CF)C1.CC(C)(C)OC(=O)N1CC(CO)C1.CC(C)(C)OC(=O)N1CC(COS(C)(=O)=O)C1.FCC1CNC1. The molecule has 0 unspecified atom stereocenters. The quantitative estimate of drug-likeness (QED) is 0.303. The van der Waals surface area contributed by atoms with Gasteiger partial charge in [-0.3, -0.25) is 13.0 Å². The number of halogens is 2. The minimum absolute atomic E-state index is 0.0209. The first-order chi connectivity index (χ1) is 22.3. The molecule has 17 heteroatoms. The van der Waals surface area contributed by atoms with Crippen LogP contribution in [-0.4, -0.2) is 148 Å². The van der Waals surface area contributed by atoms with Gasteiger partial charge in [-0.05, 0) is 62.3 Å². The maximum atomic E-state index is 12.0.